The molecule has 140 valence electrons. The highest BCUT2D eigenvalue weighted by Crippen LogP contribution is 2.63. The van der Waals surface area contributed by atoms with E-state index >= 15 is 0 Å². The Morgan fingerprint density at radius 2 is 0.933 bits per heavy atom. The lowest BCUT2D eigenvalue weighted by atomic mass is 9.70. The van der Waals surface area contributed by atoms with Gasteiger partial charge in [0.05, 0.1) is 5.41 Å². The SMILES string of the molecule is Cc1cc2c(c3ccccc13)-c1ccccc1C21c2ccccc2-c2ccccc21. The third-order valence-corrected chi connectivity index (χ3v) is 7.21. The highest BCUT2D eigenvalue weighted by Gasteiger charge is 2.51. The fourth-order valence-corrected chi connectivity index (χ4v) is 6.13. The molecule has 0 amide bonds. The van der Waals surface area contributed by atoms with Crippen molar-refractivity contribution in [2.45, 2.75) is 12.3 Å². The average Bonchev–Trinajstić information content (AvgIpc) is 3.27. The van der Waals surface area contributed by atoms with Gasteiger partial charge in [-0.3, -0.25) is 0 Å². The maximum absolute atomic E-state index is 2.45. The van der Waals surface area contributed by atoms with E-state index in [2.05, 4.69) is 110 Å². The molecule has 5 aromatic carbocycles. The van der Waals surface area contributed by atoms with Gasteiger partial charge < -0.3 is 0 Å². The summed E-state index contributed by atoms with van der Waals surface area (Å²) in [5, 5.41) is 2.71. The second-order valence-corrected chi connectivity index (χ2v) is 8.55. The van der Waals surface area contributed by atoms with Crippen molar-refractivity contribution in [2.24, 2.45) is 0 Å². The Balaban J connectivity index is 1.77. The van der Waals surface area contributed by atoms with Crippen molar-refractivity contribution in [2.75, 3.05) is 0 Å². The smallest absolute Gasteiger partial charge is 0.0619 e. The molecule has 2 aliphatic rings. The molecule has 2 aliphatic carbocycles. The van der Waals surface area contributed by atoms with Crippen LogP contribution in [0.3, 0.4) is 0 Å². The second-order valence-electron chi connectivity index (χ2n) is 8.55. The topological polar surface area (TPSA) is 0 Å². The molecule has 0 heteroatoms. The van der Waals surface area contributed by atoms with Crippen molar-refractivity contribution < 1.29 is 0 Å². The van der Waals surface area contributed by atoms with Crippen LogP contribution in [0.2, 0.25) is 0 Å². The predicted molar refractivity (Wildman–Crippen MR) is 125 cm³/mol. The lowest BCUT2D eigenvalue weighted by molar-refractivity contribution is 0.793. The summed E-state index contributed by atoms with van der Waals surface area (Å²) in [6, 6.07) is 38.4. The highest BCUT2D eigenvalue weighted by molar-refractivity contribution is 6.07. The van der Waals surface area contributed by atoms with Crippen molar-refractivity contribution in [1.82, 2.24) is 0 Å². The maximum Gasteiger partial charge on any atom is 0.0725 e. The van der Waals surface area contributed by atoms with Crippen molar-refractivity contribution in [3.05, 3.63) is 131 Å². The minimum absolute atomic E-state index is 0.242. The monoisotopic (exact) mass is 380 g/mol. The summed E-state index contributed by atoms with van der Waals surface area (Å²) in [7, 11) is 0. The van der Waals surface area contributed by atoms with Gasteiger partial charge >= 0.3 is 0 Å². The third kappa shape index (κ3) is 1.70. The van der Waals surface area contributed by atoms with Crippen LogP contribution in [0.4, 0.5) is 0 Å². The molecule has 0 saturated carbocycles. The molecular weight excluding hydrogens is 360 g/mol. The van der Waals surface area contributed by atoms with Crippen LogP contribution in [-0.4, -0.2) is 0 Å². The van der Waals surface area contributed by atoms with E-state index in [0.29, 0.717) is 0 Å². The Kier molecular flexibility index (Phi) is 2.96. The molecule has 0 aliphatic heterocycles. The Labute approximate surface area is 176 Å². The number of aryl methyl sites for hydroxylation is 1. The largest absolute Gasteiger partial charge is 0.0725 e. The number of fused-ring (bicyclic) bond motifs is 12. The molecule has 5 aromatic rings. The van der Waals surface area contributed by atoms with Gasteiger partial charge in [-0.25, -0.2) is 0 Å². The zero-order valence-electron chi connectivity index (χ0n) is 16.8. The highest BCUT2D eigenvalue weighted by atomic mass is 14.5. The van der Waals surface area contributed by atoms with Crippen molar-refractivity contribution >= 4 is 10.8 Å². The fourth-order valence-electron chi connectivity index (χ4n) is 6.13. The van der Waals surface area contributed by atoms with Crippen molar-refractivity contribution in [3.8, 4) is 22.3 Å². The molecule has 0 heterocycles. The molecule has 0 aromatic heterocycles. The van der Waals surface area contributed by atoms with E-state index in [4.69, 9.17) is 0 Å². The van der Waals surface area contributed by atoms with Crippen LogP contribution in [0, 0.1) is 6.92 Å². The molecule has 0 fully saturated rings. The van der Waals surface area contributed by atoms with E-state index in [-0.39, 0.29) is 5.41 Å². The van der Waals surface area contributed by atoms with E-state index in [1.54, 1.807) is 0 Å². The van der Waals surface area contributed by atoms with Crippen LogP contribution in [0.1, 0.15) is 27.8 Å². The Bertz CT molecular complexity index is 1460. The van der Waals surface area contributed by atoms with Gasteiger partial charge in [-0.15, -0.1) is 0 Å². The molecule has 7 rings (SSSR count). The van der Waals surface area contributed by atoms with Gasteiger partial charge in [-0.1, -0.05) is 103 Å². The van der Waals surface area contributed by atoms with E-state index in [1.807, 2.05) is 0 Å². The lowest BCUT2D eigenvalue weighted by Crippen LogP contribution is -2.25. The zero-order chi connectivity index (χ0) is 19.9. The molecule has 0 saturated heterocycles. The van der Waals surface area contributed by atoms with Gasteiger partial charge in [-0.05, 0) is 67.8 Å². The van der Waals surface area contributed by atoms with Gasteiger partial charge in [0, 0.05) is 0 Å². The number of rotatable bonds is 0. The first-order chi connectivity index (χ1) is 14.8. The van der Waals surface area contributed by atoms with E-state index in [0.717, 1.165) is 0 Å². The van der Waals surface area contributed by atoms with Crippen LogP contribution < -0.4 is 0 Å². The molecule has 0 bridgehead atoms. The Morgan fingerprint density at radius 1 is 0.467 bits per heavy atom. The molecule has 0 N–H and O–H groups in total. The molecule has 30 heavy (non-hydrogen) atoms. The summed E-state index contributed by atoms with van der Waals surface area (Å²) in [5.74, 6) is 0. The van der Waals surface area contributed by atoms with Crippen LogP contribution in [0.25, 0.3) is 33.0 Å². The average molecular weight is 380 g/mol. The first kappa shape index (κ1) is 16.2. The van der Waals surface area contributed by atoms with Crippen molar-refractivity contribution in [3.63, 3.8) is 0 Å². The van der Waals surface area contributed by atoms with Gasteiger partial charge in [-0.2, -0.15) is 0 Å². The second kappa shape index (κ2) is 5.49. The predicted octanol–water partition coefficient (Wildman–Crippen LogP) is 7.49. The zero-order valence-corrected chi connectivity index (χ0v) is 16.8. The lowest BCUT2D eigenvalue weighted by Gasteiger charge is -2.30. The van der Waals surface area contributed by atoms with Gasteiger partial charge in [0.15, 0.2) is 0 Å². The summed E-state index contributed by atoms with van der Waals surface area (Å²) >= 11 is 0. The summed E-state index contributed by atoms with van der Waals surface area (Å²) in [6.45, 7) is 2.26. The minimum Gasteiger partial charge on any atom is -0.0619 e. The molecule has 0 nitrogen and oxygen atoms in total. The number of hydrogen-bond acceptors (Lipinski definition) is 0. The van der Waals surface area contributed by atoms with Gasteiger partial charge in [0.1, 0.15) is 0 Å². The molecule has 1 spiro atoms. The quantitative estimate of drug-likeness (QED) is 0.256. The van der Waals surface area contributed by atoms with Crippen LogP contribution in [-0.2, 0) is 5.41 Å². The summed E-state index contributed by atoms with van der Waals surface area (Å²) in [6.07, 6.45) is 0. The van der Waals surface area contributed by atoms with E-state index in [1.165, 1.54) is 60.8 Å². The first-order valence-corrected chi connectivity index (χ1v) is 10.6. The standard InChI is InChI=1S/C30H20/c1-19-18-28-29(23-13-3-2-10-20(19)23)24-14-6-9-17-27(24)30(28)25-15-7-4-11-21(25)22-12-5-8-16-26(22)30/h2-18H,1H3. The van der Waals surface area contributed by atoms with E-state index < -0.39 is 0 Å². The Morgan fingerprint density at radius 3 is 1.57 bits per heavy atom. The molecule has 0 radical (unpaired) electrons. The van der Waals surface area contributed by atoms with Crippen LogP contribution in [0.5, 0.6) is 0 Å². The molecular formula is C30H20. The summed E-state index contributed by atoms with van der Waals surface area (Å²) in [4.78, 5) is 0. The molecule has 0 unspecified atom stereocenters. The summed E-state index contributed by atoms with van der Waals surface area (Å²) in [5.41, 5.74) is 12.3. The normalized spacial score (nSPS) is 14.4. The van der Waals surface area contributed by atoms with Crippen molar-refractivity contribution in [1.29, 1.82) is 0 Å². The van der Waals surface area contributed by atoms with Crippen LogP contribution >= 0.6 is 0 Å². The van der Waals surface area contributed by atoms with Gasteiger partial charge in [0.2, 0.25) is 0 Å². The molecule has 0 atom stereocenters. The van der Waals surface area contributed by atoms with Crippen LogP contribution in [0.15, 0.2) is 103 Å². The minimum atomic E-state index is -0.242. The summed E-state index contributed by atoms with van der Waals surface area (Å²) < 4.78 is 0. The van der Waals surface area contributed by atoms with Gasteiger partial charge in [0.25, 0.3) is 0 Å². The third-order valence-electron chi connectivity index (χ3n) is 7.21. The first-order valence-electron chi connectivity index (χ1n) is 10.6. The fraction of sp³-hybridized carbons (Fsp3) is 0.0667. The van der Waals surface area contributed by atoms with E-state index in [9.17, 15) is 0 Å². The maximum atomic E-state index is 2.45. The Hall–Kier alpha value is -3.64. The number of hydrogen-bond donors (Lipinski definition) is 0. The number of benzene rings is 5.